The smallest absolute Gasteiger partial charge is 0.325 e. The summed E-state index contributed by atoms with van der Waals surface area (Å²) in [5.41, 5.74) is 1.44. The van der Waals surface area contributed by atoms with Gasteiger partial charge in [-0.05, 0) is 18.1 Å². The van der Waals surface area contributed by atoms with Crippen molar-refractivity contribution < 1.29 is 19.4 Å². The summed E-state index contributed by atoms with van der Waals surface area (Å²) < 4.78 is 6.48. The second-order valence-corrected chi connectivity index (χ2v) is 4.68. The molecule has 1 aromatic carbocycles. The number of amides is 1. The van der Waals surface area contributed by atoms with Gasteiger partial charge in [0, 0.05) is 12.6 Å². The molecule has 2 rings (SSSR count). The number of para-hydroxylation sites is 1. The molecule has 0 aliphatic rings. The highest BCUT2D eigenvalue weighted by molar-refractivity contribution is 5.90. The van der Waals surface area contributed by atoms with Gasteiger partial charge in [0.05, 0.1) is 19.0 Å². The van der Waals surface area contributed by atoms with Crippen LogP contribution in [0.2, 0.25) is 0 Å². The normalized spacial score (nSPS) is 10.2. The molecule has 116 valence electrons. The van der Waals surface area contributed by atoms with E-state index in [1.54, 1.807) is 7.11 Å². The number of nitrogens with zero attached hydrogens (tertiary/aromatic N) is 2. The molecule has 0 fully saturated rings. The predicted octanol–water partition coefficient (Wildman–Crippen LogP) is 1.55. The topological polar surface area (TPSA) is 93.5 Å². The van der Waals surface area contributed by atoms with E-state index < -0.39 is 5.97 Å². The first-order chi connectivity index (χ1) is 10.6. The minimum Gasteiger partial charge on any atom is -0.496 e. The highest BCUT2D eigenvalue weighted by atomic mass is 16.5. The fourth-order valence-corrected chi connectivity index (χ4v) is 2.03. The van der Waals surface area contributed by atoms with Gasteiger partial charge in [-0.3, -0.25) is 14.3 Å². The van der Waals surface area contributed by atoms with Crippen molar-refractivity contribution in [2.75, 3.05) is 12.4 Å². The number of nitrogens with one attached hydrogen (secondary N) is 1. The van der Waals surface area contributed by atoms with Gasteiger partial charge in [-0.25, -0.2) is 0 Å². The van der Waals surface area contributed by atoms with Crippen LogP contribution in [0.5, 0.6) is 5.75 Å². The number of ether oxygens (including phenoxy) is 1. The number of hydrogen-bond donors (Lipinski definition) is 2. The van der Waals surface area contributed by atoms with E-state index in [9.17, 15) is 9.59 Å². The predicted molar refractivity (Wildman–Crippen MR) is 79.8 cm³/mol. The zero-order chi connectivity index (χ0) is 15.9. The number of aryl methyl sites for hydroxylation is 1. The van der Waals surface area contributed by atoms with Crippen LogP contribution in [-0.2, 0) is 22.6 Å². The van der Waals surface area contributed by atoms with Crippen molar-refractivity contribution in [3.8, 4) is 5.75 Å². The maximum Gasteiger partial charge on any atom is 0.325 e. The monoisotopic (exact) mass is 303 g/mol. The maximum absolute atomic E-state index is 11.9. The van der Waals surface area contributed by atoms with Crippen LogP contribution in [-0.4, -0.2) is 33.9 Å². The Morgan fingerprint density at radius 2 is 2.14 bits per heavy atom. The molecule has 7 nitrogen and oxygen atoms in total. The second kappa shape index (κ2) is 7.26. The Hall–Kier alpha value is -2.83. The van der Waals surface area contributed by atoms with E-state index in [0.29, 0.717) is 18.5 Å². The van der Waals surface area contributed by atoms with Crippen LogP contribution in [0.4, 0.5) is 5.69 Å². The lowest BCUT2D eigenvalue weighted by atomic mass is 10.1. The average molecular weight is 303 g/mol. The Bertz CT molecular complexity index is 666. The zero-order valence-electron chi connectivity index (χ0n) is 12.2. The molecule has 0 radical (unpaired) electrons. The molecule has 1 heterocycles. The Morgan fingerprint density at radius 1 is 1.36 bits per heavy atom. The van der Waals surface area contributed by atoms with Gasteiger partial charge in [-0.2, -0.15) is 5.10 Å². The van der Waals surface area contributed by atoms with Crippen molar-refractivity contribution in [2.24, 2.45) is 0 Å². The number of carboxylic acid groups (broad SMARTS) is 1. The molecule has 0 aliphatic carbocycles. The summed E-state index contributed by atoms with van der Waals surface area (Å²) in [6.07, 6.45) is 3.75. The highest BCUT2D eigenvalue weighted by Crippen LogP contribution is 2.19. The molecule has 0 atom stereocenters. The summed E-state index contributed by atoms with van der Waals surface area (Å²) in [7, 11) is 1.59. The molecule has 22 heavy (non-hydrogen) atoms. The highest BCUT2D eigenvalue weighted by Gasteiger charge is 2.08. The van der Waals surface area contributed by atoms with Crippen molar-refractivity contribution in [3.05, 3.63) is 42.2 Å². The van der Waals surface area contributed by atoms with Crippen LogP contribution in [0, 0.1) is 0 Å². The number of hydrogen-bond acceptors (Lipinski definition) is 4. The SMILES string of the molecule is COc1ccccc1CCC(=O)Nc1cnn(CC(=O)O)c1. The molecule has 0 saturated heterocycles. The fraction of sp³-hybridized carbons (Fsp3) is 0.267. The number of methoxy groups -OCH3 is 1. The molecule has 0 aliphatic heterocycles. The summed E-state index contributed by atoms with van der Waals surface area (Å²) in [6.45, 7) is -0.239. The Kier molecular flexibility index (Phi) is 5.13. The molecule has 0 spiro atoms. The summed E-state index contributed by atoms with van der Waals surface area (Å²) in [4.78, 5) is 22.5. The van der Waals surface area contributed by atoms with Crippen molar-refractivity contribution in [2.45, 2.75) is 19.4 Å². The van der Waals surface area contributed by atoms with Crippen LogP contribution in [0.3, 0.4) is 0 Å². The molecular formula is C15H17N3O4. The van der Waals surface area contributed by atoms with E-state index in [2.05, 4.69) is 10.4 Å². The minimum atomic E-state index is -0.989. The van der Waals surface area contributed by atoms with Gasteiger partial charge in [0.1, 0.15) is 12.3 Å². The Labute approximate surface area is 127 Å². The first-order valence-electron chi connectivity index (χ1n) is 6.74. The van der Waals surface area contributed by atoms with Crippen molar-refractivity contribution in [1.82, 2.24) is 9.78 Å². The number of carbonyl (C=O) groups excluding carboxylic acids is 1. The third-order valence-corrected chi connectivity index (χ3v) is 3.03. The number of carbonyl (C=O) groups is 2. The van der Waals surface area contributed by atoms with E-state index in [4.69, 9.17) is 9.84 Å². The number of benzene rings is 1. The standard InChI is InChI=1S/C15H17N3O4/c1-22-13-5-3-2-4-11(13)6-7-14(19)17-12-8-16-18(9-12)10-15(20)21/h2-5,8-9H,6-7,10H2,1H3,(H,17,19)(H,20,21). The van der Waals surface area contributed by atoms with Crippen molar-refractivity contribution >= 4 is 17.6 Å². The minimum absolute atomic E-state index is 0.166. The number of carboxylic acids is 1. The summed E-state index contributed by atoms with van der Waals surface area (Å²) in [6, 6.07) is 7.53. The molecule has 1 aromatic heterocycles. The van der Waals surface area contributed by atoms with Gasteiger partial charge in [-0.1, -0.05) is 18.2 Å². The van der Waals surface area contributed by atoms with Gasteiger partial charge in [0.25, 0.3) is 0 Å². The fourth-order valence-electron chi connectivity index (χ4n) is 2.03. The molecule has 7 heteroatoms. The Morgan fingerprint density at radius 3 is 2.86 bits per heavy atom. The van der Waals surface area contributed by atoms with Crippen molar-refractivity contribution in [3.63, 3.8) is 0 Å². The zero-order valence-corrected chi connectivity index (χ0v) is 12.2. The van der Waals surface area contributed by atoms with Crippen LogP contribution in [0.15, 0.2) is 36.7 Å². The van der Waals surface area contributed by atoms with Gasteiger partial charge in [0.2, 0.25) is 5.91 Å². The van der Waals surface area contributed by atoms with Gasteiger partial charge < -0.3 is 15.2 Å². The van der Waals surface area contributed by atoms with Gasteiger partial charge in [0.15, 0.2) is 0 Å². The molecule has 0 saturated carbocycles. The van der Waals surface area contributed by atoms with E-state index in [1.807, 2.05) is 24.3 Å². The second-order valence-electron chi connectivity index (χ2n) is 4.68. The molecule has 1 amide bonds. The number of aromatic nitrogens is 2. The number of aliphatic carboxylic acids is 1. The lowest BCUT2D eigenvalue weighted by Gasteiger charge is -2.07. The third kappa shape index (κ3) is 4.34. The lowest BCUT2D eigenvalue weighted by Crippen LogP contribution is -2.12. The van der Waals surface area contributed by atoms with Crippen molar-refractivity contribution in [1.29, 1.82) is 0 Å². The van der Waals surface area contributed by atoms with Crippen LogP contribution >= 0.6 is 0 Å². The summed E-state index contributed by atoms with van der Waals surface area (Å²) >= 11 is 0. The van der Waals surface area contributed by atoms with Crippen LogP contribution in [0.25, 0.3) is 0 Å². The van der Waals surface area contributed by atoms with E-state index in [0.717, 1.165) is 11.3 Å². The quantitative estimate of drug-likeness (QED) is 0.809. The average Bonchev–Trinajstić information content (AvgIpc) is 2.91. The summed E-state index contributed by atoms with van der Waals surface area (Å²) in [5, 5.41) is 15.2. The van der Waals surface area contributed by atoms with Gasteiger partial charge >= 0.3 is 5.97 Å². The van der Waals surface area contributed by atoms with Crippen LogP contribution in [0.1, 0.15) is 12.0 Å². The first kappa shape index (κ1) is 15.6. The number of anilines is 1. The van der Waals surface area contributed by atoms with E-state index >= 15 is 0 Å². The number of rotatable bonds is 7. The maximum atomic E-state index is 11.9. The van der Waals surface area contributed by atoms with Crippen LogP contribution < -0.4 is 10.1 Å². The third-order valence-electron chi connectivity index (χ3n) is 3.03. The van der Waals surface area contributed by atoms with E-state index in [-0.39, 0.29) is 12.5 Å². The lowest BCUT2D eigenvalue weighted by molar-refractivity contribution is -0.137. The molecule has 2 N–H and O–H groups in total. The summed E-state index contributed by atoms with van der Waals surface area (Å²) in [5.74, 6) is -0.400. The molecule has 0 bridgehead atoms. The molecule has 2 aromatic rings. The van der Waals surface area contributed by atoms with Gasteiger partial charge in [-0.15, -0.1) is 0 Å². The molecule has 0 unspecified atom stereocenters. The first-order valence-corrected chi connectivity index (χ1v) is 6.74. The molecular weight excluding hydrogens is 286 g/mol. The Balaban J connectivity index is 1.87. The largest absolute Gasteiger partial charge is 0.496 e. The van der Waals surface area contributed by atoms with E-state index in [1.165, 1.54) is 17.1 Å².